The number of benzene rings is 2. The molecule has 0 amide bonds. The molecule has 0 saturated heterocycles. The summed E-state index contributed by atoms with van der Waals surface area (Å²) in [4.78, 5) is 4.19. The molecule has 0 fully saturated rings. The predicted octanol–water partition coefficient (Wildman–Crippen LogP) is 4.44. The Kier molecular flexibility index (Phi) is 5.70. The van der Waals surface area contributed by atoms with Gasteiger partial charge in [0.2, 0.25) is 0 Å². The molecule has 1 N–H and O–H groups in total. The Bertz CT molecular complexity index is 1220. The van der Waals surface area contributed by atoms with Crippen LogP contribution in [0.15, 0.2) is 67.1 Å². The zero-order valence-corrected chi connectivity index (χ0v) is 17.5. The van der Waals surface area contributed by atoms with Crippen LogP contribution in [0.2, 0.25) is 5.02 Å². The lowest BCUT2D eigenvalue weighted by molar-refractivity contribution is -0.123. The number of hydrogen-bond donors (Lipinski definition) is 1. The van der Waals surface area contributed by atoms with E-state index in [1.165, 1.54) is 12.3 Å². The molecule has 0 aliphatic heterocycles. The first-order valence-electron chi connectivity index (χ1n) is 9.51. The largest absolute Gasteiger partial charge is 0.379 e. The van der Waals surface area contributed by atoms with E-state index in [1.54, 1.807) is 30.3 Å². The van der Waals surface area contributed by atoms with E-state index in [0.717, 1.165) is 35.6 Å². The zero-order chi connectivity index (χ0) is 22.9. The fourth-order valence-electron chi connectivity index (χ4n) is 3.50. The standard InChI is InChI=1S/C22H17ClF3N5O/c1-21(26,20-9-4-15(11-27-20)14-2-5-16(23)6-3-14)22(32,12-31-13-28-29-30-31)18-8-7-17(24)10-19(18)25/h2-11,13,32H,12H2,1H3. The van der Waals surface area contributed by atoms with Crippen LogP contribution in [0, 0.1) is 11.6 Å². The molecule has 10 heteroatoms. The summed E-state index contributed by atoms with van der Waals surface area (Å²) in [6.45, 7) is 0.528. The fourth-order valence-corrected chi connectivity index (χ4v) is 3.62. The quantitative estimate of drug-likeness (QED) is 0.461. The van der Waals surface area contributed by atoms with Crippen LogP contribution >= 0.6 is 11.6 Å². The van der Waals surface area contributed by atoms with Gasteiger partial charge in [0.1, 0.15) is 18.0 Å². The Hall–Kier alpha value is -3.30. The van der Waals surface area contributed by atoms with E-state index in [9.17, 15) is 13.9 Å². The molecule has 0 spiro atoms. The molecule has 6 nitrogen and oxygen atoms in total. The van der Waals surface area contributed by atoms with Gasteiger partial charge in [-0.05, 0) is 47.2 Å². The van der Waals surface area contributed by atoms with E-state index < -0.39 is 35.0 Å². The van der Waals surface area contributed by atoms with Crippen LogP contribution in [-0.2, 0) is 17.8 Å². The van der Waals surface area contributed by atoms with Gasteiger partial charge in [0, 0.05) is 28.4 Å². The number of hydrogen-bond acceptors (Lipinski definition) is 5. The van der Waals surface area contributed by atoms with Crippen LogP contribution in [0.4, 0.5) is 13.2 Å². The maximum Gasteiger partial charge on any atom is 0.184 e. The molecular formula is C22H17ClF3N5O. The number of aromatic nitrogens is 5. The van der Waals surface area contributed by atoms with E-state index in [1.807, 2.05) is 0 Å². The van der Waals surface area contributed by atoms with Crippen molar-refractivity contribution >= 4 is 11.6 Å². The third-order valence-corrected chi connectivity index (χ3v) is 5.61. The average molecular weight is 460 g/mol. The molecular weight excluding hydrogens is 443 g/mol. The van der Waals surface area contributed by atoms with Gasteiger partial charge in [0.25, 0.3) is 0 Å². The highest BCUT2D eigenvalue weighted by Crippen LogP contribution is 2.45. The molecule has 2 unspecified atom stereocenters. The molecule has 2 aromatic carbocycles. The third kappa shape index (κ3) is 3.96. The smallest absolute Gasteiger partial charge is 0.184 e. The zero-order valence-electron chi connectivity index (χ0n) is 16.8. The third-order valence-electron chi connectivity index (χ3n) is 5.36. The molecule has 0 saturated carbocycles. The Morgan fingerprint density at radius 1 is 1.03 bits per heavy atom. The number of alkyl halides is 1. The van der Waals surface area contributed by atoms with Crippen molar-refractivity contribution in [2.75, 3.05) is 0 Å². The highest BCUT2D eigenvalue weighted by molar-refractivity contribution is 6.30. The second kappa shape index (κ2) is 8.33. The van der Waals surface area contributed by atoms with Gasteiger partial charge in [-0.25, -0.2) is 17.9 Å². The summed E-state index contributed by atoms with van der Waals surface area (Å²) in [5, 5.41) is 22.7. The SMILES string of the molecule is CC(F)(c1ccc(-c2ccc(Cl)cc2)cn1)C(O)(Cn1cnnn1)c1ccc(F)cc1F. The normalized spacial score (nSPS) is 15.2. The van der Waals surface area contributed by atoms with Gasteiger partial charge in [-0.2, -0.15) is 0 Å². The van der Waals surface area contributed by atoms with Crippen molar-refractivity contribution in [2.45, 2.75) is 24.7 Å². The molecule has 2 atom stereocenters. The minimum atomic E-state index is -2.61. The van der Waals surface area contributed by atoms with Crippen molar-refractivity contribution in [3.8, 4) is 11.1 Å². The minimum Gasteiger partial charge on any atom is -0.379 e. The summed E-state index contributed by atoms with van der Waals surface area (Å²) in [5.74, 6) is -1.97. The number of rotatable bonds is 6. The Morgan fingerprint density at radius 2 is 1.75 bits per heavy atom. The van der Waals surface area contributed by atoms with Gasteiger partial charge in [-0.3, -0.25) is 4.98 Å². The van der Waals surface area contributed by atoms with Gasteiger partial charge in [-0.1, -0.05) is 35.9 Å². The average Bonchev–Trinajstić information content (AvgIpc) is 3.27. The van der Waals surface area contributed by atoms with Gasteiger partial charge in [-0.15, -0.1) is 5.10 Å². The topological polar surface area (TPSA) is 76.7 Å². The van der Waals surface area contributed by atoms with E-state index in [0.29, 0.717) is 16.7 Å². The molecule has 4 aromatic rings. The first-order valence-corrected chi connectivity index (χ1v) is 9.88. The number of aliphatic hydroxyl groups is 1. The second-order valence-corrected chi connectivity index (χ2v) is 7.87. The number of pyridine rings is 1. The number of nitrogens with zero attached hydrogens (tertiary/aromatic N) is 5. The molecule has 2 aromatic heterocycles. The summed E-state index contributed by atoms with van der Waals surface area (Å²) in [6.07, 6.45) is 2.59. The molecule has 0 aliphatic rings. The lowest BCUT2D eigenvalue weighted by Crippen LogP contribution is -2.48. The molecule has 4 rings (SSSR count). The van der Waals surface area contributed by atoms with Crippen LogP contribution in [0.1, 0.15) is 18.2 Å². The summed E-state index contributed by atoms with van der Waals surface area (Å²) >= 11 is 5.91. The van der Waals surface area contributed by atoms with E-state index in [-0.39, 0.29) is 5.69 Å². The molecule has 32 heavy (non-hydrogen) atoms. The van der Waals surface area contributed by atoms with Crippen molar-refractivity contribution in [1.82, 2.24) is 25.2 Å². The predicted molar refractivity (Wildman–Crippen MR) is 111 cm³/mol. The maximum absolute atomic E-state index is 16.3. The van der Waals surface area contributed by atoms with Crippen molar-refractivity contribution < 1.29 is 18.3 Å². The van der Waals surface area contributed by atoms with E-state index in [4.69, 9.17) is 11.6 Å². The summed E-state index contributed by atoms with van der Waals surface area (Å²) < 4.78 is 45.6. The van der Waals surface area contributed by atoms with E-state index >= 15 is 4.39 Å². The van der Waals surface area contributed by atoms with Crippen LogP contribution < -0.4 is 0 Å². The van der Waals surface area contributed by atoms with Crippen LogP contribution in [0.3, 0.4) is 0 Å². The monoisotopic (exact) mass is 459 g/mol. The number of halogens is 4. The van der Waals surface area contributed by atoms with Crippen LogP contribution in [-0.4, -0.2) is 30.3 Å². The fraction of sp³-hybridized carbons (Fsp3) is 0.182. The summed E-state index contributed by atoms with van der Waals surface area (Å²) in [5.41, 5.74) is -4.25. The lowest BCUT2D eigenvalue weighted by atomic mass is 9.77. The molecule has 164 valence electrons. The van der Waals surface area contributed by atoms with Gasteiger partial charge < -0.3 is 5.11 Å². The highest BCUT2D eigenvalue weighted by atomic mass is 35.5. The van der Waals surface area contributed by atoms with Crippen LogP contribution in [0.25, 0.3) is 11.1 Å². The lowest BCUT2D eigenvalue weighted by Gasteiger charge is -2.39. The Morgan fingerprint density at radius 3 is 2.34 bits per heavy atom. The van der Waals surface area contributed by atoms with Crippen molar-refractivity contribution in [3.63, 3.8) is 0 Å². The first-order chi connectivity index (χ1) is 15.2. The molecule has 0 aliphatic carbocycles. The summed E-state index contributed by atoms with van der Waals surface area (Å²) in [6, 6.07) is 12.5. The molecule has 0 radical (unpaired) electrons. The molecule has 0 bridgehead atoms. The Balaban J connectivity index is 1.78. The first kappa shape index (κ1) is 21.9. The highest BCUT2D eigenvalue weighted by Gasteiger charge is 2.53. The second-order valence-electron chi connectivity index (χ2n) is 7.43. The summed E-state index contributed by atoms with van der Waals surface area (Å²) in [7, 11) is 0. The van der Waals surface area contributed by atoms with E-state index in [2.05, 4.69) is 20.5 Å². The van der Waals surface area contributed by atoms with Crippen LogP contribution in [0.5, 0.6) is 0 Å². The van der Waals surface area contributed by atoms with Gasteiger partial charge >= 0.3 is 0 Å². The van der Waals surface area contributed by atoms with Crippen molar-refractivity contribution in [3.05, 3.63) is 95.0 Å². The van der Waals surface area contributed by atoms with Crippen molar-refractivity contribution in [1.29, 1.82) is 0 Å². The van der Waals surface area contributed by atoms with Gasteiger partial charge in [0.15, 0.2) is 11.3 Å². The minimum absolute atomic E-state index is 0.158. The Labute approximate surface area is 186 Å². The maximum atomic E-state index is 16.3. The molecule has 2 heterocycles. The number of tetrazole rings is 1. The van der Waals surface area contributed by atoms with Crippen molar-refractivity contribution in [2.24, 2.45) is 0 Å². The van der Waals surface area contributed by atoms with Gasteiger partial charge in [0.05, 0.1) is 12.2 Å².